The third-order valence-electron chi connectivity index (χ3n) is 6.73. The Morgan fingerprint density at radius 1 is 1.03 bits per heavy atom. The molecule has 0 bridgehead atoms. The molecule has 9 heteroatoms. The maximum Gasteiger partial charge on any atom is 0.222 e. The number of carbonyl (C=O) groups is 1. The summed E-state index contributed by atoms with van der Waals surface area (Å²) in [5, 5.41) is 8.73. The maximum atomic E-state index is 12.8. The van der Waals surface area contributed by atoms with Crippen LogP contribution in [-0.2, 0) is 4.79 Å². The average molecular weight is 450 g/mol. The fourth-order valence-electron chi connectivity index (χ4n) is 4.93. The van der Waals surface area contributed by atoms with Crippen molar-refractivity contribution < 1.29 is 9.53 Å². The first-order valence-corrected chi connectivity index (χ1v) is 12.1. The molecular weight excluding hydrogens is 418 g/mol. The lowest BCUT2D eigenvalue weighted by molar-refractivity contribution is -0.132. The molecule has 1 saturated carbocycles. The van der Waals surface area contributed by atoms with Gasteiger partial charge in [0.25, 0.3) is 0 Å². The molecule has 2 aromatic heterocycles. The summed E-state index contributed by atoms with van der Waals surface area (Å²) >= 11 is 0. The van der Waals surface area contributed by atoms with Gasteiger partial charge in [0.15, 0.2) is 17.0 Å². The summed E-state index contributed by atoms with van der Waals surface area (Å²) in [6.45, 7) is 5.48. The van der Waals surface area contributed by atoms with Crippen LogP contribution < -0.4 is 9.64 Å². The number of aromatic nitrogens is 5. The molecule has 1 aliphatic heterocycles. The first-order valence-electron chi connectivity index (χ1n) is 12.1. The molecule has 0 unspecified atom stereocenters. The third-order valence-corrected chi connectivity index (χ3v) is 6.73. The van der Waals surface area contributed by atoms with Crippen LogP contribution in [-0.4, -0.2) is 68.6 Å². The Morgan fingerprint density at radius 3 is 2.52 bits per heavy atom. The lowest BCUT2D eigenvalue weighted by Crippen LogP contribution is -2.49. The number of amides is 1. The molecule has 174 valence electrons. The Hall–Kier alpha value is -3.23. The number of hydrogen-bond acceptors (Lipinski definition) is 7. The third kappa shape index (κ3) is 4.62. The number of nitrogens with zero attached hydrogens (tertiary/aromatic N) is 7. The Labute approximate surface area is 193 Å². The van der Waals surface area contributed by atoms with Crippen LogP contribution in [0.4, 0.5) is 5.82 Å². The summed E-state index contributed by atoms with van der Waals surface area (Å²) < 4.78 is 7.25. The number of piperazine rings is 1. The second kappa shape index (κ2) is 9.72. The first-order chi connectivity index (χ1) is 16.2. The van der Waals surface area contributed by atoms with Crippen LogP contribution in [0.15, 0.2) is 30.6 Å². The zero-order valence-electron chi connectivity index (χ0n) is 19.2. The zero-order valence-corrected chi connectivity index (χ0v) is 19.2. The summed E-state index contributed by atoms with van der Waals surface area (Å²) in [6.07, 6.45) is 8.53. The monoisotopic (exact) mass is 449 g/mol. The molecule has 0 atom stereocenters. The average Bonchev–Trinajstić information content (AvgIpc) is 3.30. The van der Waals surface area contributed by atoms with Crippen molar-refractivity contribution in [3.63, 3.8) is 0 Å². The van der Waals surface area contributed by atoms with Crippen LogP contribution in [0.2, 0.25) is 0 Å². The number of carbonyl (C=O) groups excluding carboxylic acids is 1. The maximum absolute atomic E-state index is 12.8. The number of anilines is 1. The van der Waals surface area contributed by atoms with Crippen LogP contribution >= 0.6 is 0 Å². The summed E-state index contributed by atoms with van der Waals surface area (Å²) in [5.41, 5.74) is 2.21. The van der Waals surface area contributed by atoms with Crippen LogP contribution in [0.1, 0.15) is 45.4 Å². The standard InChI is InChI=1S/C24H31N7O2/c1-2-33-20-10-8-19(9-11-20)31-24-22(27-28-31)23(25-17-26-24)30-14-12-29(13-15-30)21(32)16-18-6-4-3-5-7-18/h8-11,17-18H,2-7,12-16H2,1H3. The highest BCUT2D eigenvalue weighted by Crippen LogP contribution is 2.28. The van der Waals surface area contributed by atoms with E-state index in [1.54, 1.807) is 11.0 Å². The van der Waals surface area contributed by atoms with E-state index in [2.05, 4.69) is 25.2 Å². The van der Waals surface area contributed by atoms with Gasteiger partial charge in [0.05, 0.1) is 12.3 Å². The van der Waals surface area contributed by atoms with Crippen molar-refractivity contribution >= 4 is 22.9 Å². The SMILES string of the molecule is CCOc1ccc(-n2nnc3c(N4CCN(C(=O)CC5CCCCC5)CC4)ncnc32)cc1. The predicted octanol–water partition coefficient (Wildman–Crippen LogP) is 3.23. The summed E-state index contributed by atoms with van der Waals surface area (Å²) in [4.78, 5) is 26.0. The fourth-order valence-corrected chi connectivity index (χ4v) is 4.93. The fraction of sp³-hybridized carbons (Fsp3) is 0.542. The van der Waals surface area contributed by atoms with Gasteiger partial charge < -0.3 is 14.5 Å². The number of fused-ring (bicyclic) bond motifs is 1. The Bertz CT molecular complexity index is 1080. The number of hydrogen-bond donors (Lipinski definition) is 0. The highest BCUT2D eigenvalue weighted by atomic mass is 16.5. The van der Waals surface area contributed by atoms with Crippen molar-refractivity contribution in [1.29, 1.82) is 0 Å². The summed E-state index contributed by atoms with van der Waals surface area (Å²) in [5.74, 6) is 2.47. The summed E-state index contributed by atoms with van der Waals surface area (Å²) in [6, 6.07) is 7.71. The van der Waals surface area contributed by atoms with E-state index in [1.807, 2.05) is 36.1 Å². The van der Waals surface area contributed by atoms with E-state index in [1.165, 1.54) is 32.1 Å². The molecule has 0 radical (unpaired) electrons. The van der Waals surface area contributed by atoms with E-state index in [4.69, 9.17) is 4.74 Å². The van der Waals surface area contributed by atoms with Gasteiger partial charge in [0.1, 0.15) is 12.1 Å². The van der Waals surface area contributed by atoms with Gasteiger partial charge in [-0.15, -0.1) is 5.10 Å². The van der Waals surface area contributed by atoms with Gasteiger partial charge in [-0.25, -0.2) is 9.97 Å². The predicted molar refractivity (Wildman–Crippen MR) is 126 cm³/mol. The van der Waals surface area contributed by atoms with Crippen molar-refractivity contribution in [2.75, 3.05) is 37.7 Å². The summed E-state index contributed by atoms with van der Waals surface area (Å²) in [7, 11) is 0. The van der Waals surface area contributed by atoms with Gasteiger partial charge in [0, 0.05) is 32.6 Å². The second-order valence-electron chi connectivity index (χ2n) is 8.87. The lowest BCUT2D eigenvalue weighted by Gasteiger charge is -2.36. The van der Waals surface area contributed by atoms with Crippen molar-refractivity contribution in [1.82, 2.24) is 29.9 Å². The van der Waals surface area contributed by atoms with E-state index in [0.717, 1.165) is 30.3 Å². The molecule has 3 aromatic rings. The Balaban J connectivity index is 1.27. The quantitative estimate of drug-likeness (QED) is 0.571. The Kier molecular flexibility index (Phi) is 6.37. The van der Waals surface area contributed by atoms with E-state index in [0.29, 0.717) is 49.1 Å². The molecule has 1 aromatic carbocycles. The molecule has 9 nitrogen and oxygen atoms in total. The molecule has 33 heavy (non-hydrogen) atoms. The van der Waals surface area contributed by atoms with Crippen molar-refractivity contribution in [2.45, 2.75) is 45.4 Å². The molecule has 3 heterocycles. The molecule has 1 saturated heterocycles. The smallest absolute Gasteiger partial charge is 0.222 e. The zero-order chi connectivity index (χ0) is 22.6. The highest BCUT2D eigenvalue weighted by molar-refractivity contribution is 5.84. The Morgan fingerprint density at radius 2 is 1.79 bits per heavy atom. The van der Waals surface area contributed by atoms with Crippen molar-refractivity contribution in [3.05, 3.63) is 30.6 Å². The minimum Gasteiger partial charge on any atom is -0.494 e. The van der Waals surface area contributed by atoms with Gasteiger partial charge >= 0.3 is 0 Å². The van der Waals surface area contributed by atoms with E-state index >= 15 is 0 Å². The molecule has 1 aliphatic carbocycles. The first kappa shape index (κ1) is 21.6. The molecule has 1 amide bonds. The van der Waals surface area contributed by atoms with Crippen LogP contribution in [0, 0.1) is 5.92 Å². The van der Waals surface area contributed by atoms with Gasteiger partial charge in [-0.3, -0.25) is 4.79 Å². The van der Waals surface area contributed by atoms with Gasteiger partial charge in [-0.05, 0) is 49.9 Å². The number of benzene rings is 1. The minimum atomic E-state index is 0.302. The highest BCUT2D eigenvalue weighted by Gasteiger charge is 2.26. The molecule has 2 fully saturated rings. The molecular formula is C24H31N7O2. The molecule has 5 rings (SSSR count). The van der Waals surface area contributed by atoms with Crippen molar-refractivity contribution in [3.8, 4) is 11.4 Å². The molecule has 0 N–H and O–H groups in total. The van der Waals surface area contributed by atoms with Gasteiger partial charge in [-0.1, -0.05) is 24.5 Å². The molecule has 0 spiro atoms. The topological polar surface area (TPSA) is 89.3 Å². The number of ether oxygens (including phenoxy) is 1. The second-order valence-corrected chi connectivity index (χ2v) is 8.87. The van der Waals surface area contributed by atoms with E-state index in [-0.39, 0.29) is 0 Å². The normalized spacial score (nSPS) is 17.5. The van der Waals surface area contributed by atoms with E-state index < -0.39 is 0 Å². The van der Waals surface area contributed by atoms with Crippen LogP contribution in [0.25, 0.3) is 16.9 Å². The van der Waals surface area contributed by atoms with Gasteiger partial charge in [-0.2, -0.15) is 4.68 Å². The van der Waals surface area contributed by atoms with Gasteiger partial charge in [0.2, 0.25) is 5.91 Å². The minimum absolute atomic E-state index is 0.302. The van der Waals surface area contributed by atoms with Crippen LogP contribution in [0.3, 0.4) is 0 Å². The van der Waals surface area contributed by atoms with Crippen LogP contribution in [0.5, 0.6) is 5.75 Å². The lowest BCUT2D eigenvalue weighted by atomic mass is 9.86. The van der Waals surface area contributed by atoms with E-state index in [9.17, 15) is 4.79 Å². The number of rotatable bonds is 6. The molecule has 2 aliphatic rings. The largest absolute Gasteiger partial charge is 0.494 e. The van der Waals surface area contributed by atoms with Crippen molar-refractivity contribution in [2.24, 2.45) is 5.92 Å².